The van der Waals surface area contributed by atoms with Gasteiger partial charge in [0, 0.05) is 16.7 Å². The van der Waals surface area contributed by atoms with Crippen LogP contribution in [0.1, 0.15) is 37.8 Å². The highest BCUT2D eigenvalue weighted by molar-refractivity contribution is 7.99. The summed E-state index contributed by atoms with van der Waals surface area (Å²) in [5.41, 5.74) is 1.97. The molecule has 1 aromatic carbocycles. The fourth-order valence-corrected chi connectivity index (χ4v) is 3.24. The highest BCUT2D eigenvalue weighted by atomic mass is 32.2. The molecule has 0 aromatic heterocycles. The summed E-state index contributed by atoms with van der Waals surface area (Å²) in [7, 11) is 0. The molecule has 4 heteroatoms. The van der Waals surface area contributed by atoms with E-state index in [9.17, 15) is 4.79 Å². The lowest BCUT2D eigenvalue weighted by Gasteiger charge is -2.28. The van der Waals surface area contributed by atoms with Crippen molar-refractivity contribution in [2.75, 3.05) is 12.4 Å². The molecule has 1 saturated carbocycles. The Morgan fingerprint density at radius 1 is 1.38 bits per heavy atom. The van der Waals surface area contributed by atoms with Crippen molar-refractivity contribution in [3.8, 4) is 0 Å². The van der Waals surface area contributed by atoms with Gasteiger partial charge in [-0.15, -0.1) is 11.8 Å². The van der Waals surface area contributed by atoms with Gasteiger partial charge in [-0.05, 0) is 63.8 Å². The van der Waals surface area contributed by atoms with Crippen LogP contribution < -0.4 is 5.32 Å². The third kappa shape index (κ3) is 4.48. The molecule has 0 amide bonds. The zero-order valence-electron chi connectivity index (χ0n) is 13.4. The normalized spacial score (nSPS) is 17.3. The van der Waals surface area contributed by atoms with E-state index in [0.29, 0.717) is 18.4 Å². The standard InChI is InChI=1S/C17H25NO2S/c1-5-20-16(19)17(4,18-14-7-8-14)11-21-15-9-6-12(2)13(3)10-15/h6,9-10,14,18H,5,7-8,11H2,1-4H3. The Morgan fingerprint density at radius 3 is 2.67 bits per heavy atom. The summed E-state index contributed by atoms with van der Waals surface area (Å²) in [4.78, 5) is 13.5. The Morgan fingerprint density at radius 2 is 2.10 bits per heavy atom. The van der Waals surface area contributed by atoms with Crippen LogP contribution in [0.25, 0.3) is 0 Å². The maximum absolute atomic E-state index is 12.3. The summed E-state index contributed by atoms with van der Waals surface area (Å²) in [6.07, 6.45) is 2.31. The van der Waals surface area contributed by atoms with Crippen molar-refractivity contribution in [2.24, 2.45) is 0 Å². The van der Waals surface area contributed by atoms with E-state index in [1.807, 2.05) is 13.8 Å². The van der Waals surface area contributed by atoms with Crippen molar-refractivity contribution in [3.05, 3.63) is 29.3 Å². The molecular formula is C17H25NO2S. The van der Waals surface area contributed by atoms with Gasteiger partial charge in [0.2, 0.25) is 0 Å². The van der Waals surface area contributed by atoms with Crippen LogP contribution in [0.3, 0.4) is 0 Å². The second-order valence-corrected chi connectivity index (χ2v) is 7.05. The van der Waals surface area contributed by atoms with E-state index in [2.05, 4.69) is 37.4 Å². The van der Waals surface area contributed by atoms with Crippen LogP contribution in [0.5, 0.6) is 0 Å². The van der Waals surface area contributed by atoms with Crippen molar-refractivity contribution in [1.29, 1.82) is 0 Å². The predicted molar refractivity (Wildman–Crippen MR) is 87.8 cm³/mol. The van der Waals surface area contributed by atoms with Crippen LogP contribution in [-0.2, 0) is 9.53 Å². The maximum atomic E-state index is 12.3. The summed E-state index contributed by atoms with van der Waals surface area (Å²) < 4.78 is 5.25. The number of hydrogen-bond acceptors (Lipinski definition) is 4. The minimum absolute atomic E-state index is 0.145. The van der Waals surface area contributed by atoms with E-state index >= 15 is 0 Å². The van der Waals surface area contributed by atoms with Crippen LogP contribution in [0.2, 0.25) is 0 Å². The lowest BCUT2D eigenvalue weighted by atomic mass is 10.1. The van der Waals surface area contributed by atoms with Gasteiger partial charge in [0.05, 0.1) is 6.61 Å². The highest BCUT2D eigenvalue weighted by Gasteiger charge is 2.39. The Bertz CT molecular complexity index is 514. The number of hydrogen-bond donors (Lipinski definition) is 1. The average molecular weight is 307 g/mol. The number of rotatable bonds is 7. The van der Waals surface area contributed by atoms with Crippen molar-refractivity contribution < 1.29 is 9.53 Å². The second kappa shape index (κ2) is 6.84. The Labute approximate surface area is 131 Å². The summed E-state index contributed by atoms with van der Waals surface area (Å²) >= 11 is 1.71. The predicted octanol–water partition coefficient (Wildman–Crippen LogP) is 3.47. The molecule has 2 rings (SSSR count). The van der Waals surface area contributed by atoms with Crippen LogP contribution in [0.4, 0.5) is 0 Å². The molecule has 21 heavy (non-hydrogen) atoms. The number of nitrogens with one attached hydrogen (secondary N) is 1. The Kier molecular flexibility index (Phi) is 5.33. The quantitative estimate of drug-likeness (QED) is 0.618. The van der Waals surface area contributed by atoms with Crippen LogP contribution >= 0.6 is 11.8 Å². The molecule has 1 atom stereocenters. The van der Waals surface area contributed by atoms with Crippen LogP contribution in [0.15, 0.2) is 23.1 Å². The first-order valence-corrected chi connectivity index (χ1v) is 8.58. The molecule has 3 nitrogen and oxygen atoms in total. The molecule has 0 aliphatic heterocycles. The first-order chi connectivity index (χ1) is 9.94. The number of carbonyl (C=O) groups is 1. The maximum Gasteiger partial charge on any atom is 0.326 e. The van der Waals surface area contributed by atoms with E-state index in [0.717, 1.165) is 12.8 Å². The van der Waals surface area contributed by atoms with Crippen molar-refractivity contribution in [1.82, 2.24) is 5.32 Å². The largest absolute Gasteiger partial charge is 0.465 e. The fourth-order valence-electron chi connectivity index (χ4n) is 2.16. The Hall–Kier alpha value is -1.00. The van der Waals surface area contributed by atoms with E-state index in [1.54, 1.807) is 11.8 Å². The number of carbonyl (C=O) groups excluding carboxylic acids is 1. The minimum atomic E-state index is -0.610. The molecule has 116 valence electrons. The molecule has 1 aromatic rings. The SMILES string of the molecule is CCOC(=O)C(C)(CSc1ccc(C)c(C)c1)NC1CC1. The van der Waals surface area contributed by atoms with Crippen molar-refractivity contribution >= 4 is 17.7 Å². The molecule has 0 saturated heterocycles. The summed E-state index contributed by atoms with van der Waals surface area (Å²) in [6.45, 7) is 8.46. The van der Waals surface area contributed by atoms with Crippen LogP contribution in [0, 0.1) is 13.8 Å². The zero-order valence-corrected chi connectivity index (χ0v) is 14.2. The van der Waals surface area contributed by atoms with E-state index in [-0.39, 0.29) is 5.97 Å². The molecule has 0 bridgehead atoms. The molecule has 1 unspecified atom stereocenters. The molecule has 0 heterocycles. The third-order valence-electron chi connectivity index (χ3n) is 3.83. The number of thioether (sulfide) groups is 1. The van der Waals surface area contributed by atoms with Gasteiger partial charge < -0.3 is 4.74 Å². The molecule has 0 radical (unpaired) electrons. The first-order valence-electron chi connectivity index (χ1n) is 7.59. The lowest BCUT2D eigenvalue weighted by molar-refractivity contribution is -0.149. The fraction of sp³-hybridized carbons (Fsp3) is 0.588. The monoisotopic (exact) mass is 307 g/mol. The molecule has 1 aliphatic carbocycles. The van der Waals surface area contributed by atoms with Gasteiger partial charge in [0.25, 0.3) is 0 Å². The van der Waals surface area contributed by atoms with Crippen LogP contribution in [-0.4, -0.2) is 29.9 Å². The van der Waals surface area contributed by atoms with Crippen molar-refractivity contribution in [3.63, 3.8) is 0 Å². The van der Waals surface area contributed by atoms with Gasteiger partial charge in [0.15, 0.2) is 0 Å². The van der Waals surface area contributed by atoms with Gasteiger partial charge in [0.1, 0.15) is 5.54 Å². The summed E-state index contributed by atoms with van der Waals surface area (Å²) in [5, 5.41) is 3.45. The topological polar surface area (TPSA) is 38.3 Å². The van der Waals surface area contributed by atoms with Gasteiger partial charge in [-0.3, -0.25) is 10.1 Å². The zero-order chi connectivity index (χ0) is 15.5. The lowest BCUT2D eigenvalue weighted by Crippen LogP contribution is -2.53. The van der Waals surface area contributed by atoms with Gasteiger partial charge in [-0.1, -0.05) is 6.07 Å². The third-order valence-corrected chi connectivity index (χ3v) is 5.14. The summed E-state index contributed by atoms with van der Waals surface area (Å²) in [6, 6.07) is 6.91. The van der Waals surface area contributed by atoms with E-state index in [4.69, 9.17) is 4.74 Å². The smallest absolute Gasteiger partial charge is 0.326 e. The van der Waals surface area contributed by atoms with E-state index < -0.39 is 5.54 Å². The van der Waals surface area contributed by atoms with Crippen molar-refractivity contribution in [2.45, 2.75) is 57.0 Å². The van der Waals surface area contributed by atoms with Gasteiger partial charge in [-0.2, -0.15) is 0 Å². The van der Waals surface area contributed by atoms with Gasteiger partial charge in [-0.25, -0.2) is 0 Å². The number of ether oxygens (including phenoxy) is 1. The number of esters is 1. The highest BCUT2D eigenvalue weighted by Crippen LogP contribution is 2.29. The number of benzene rings is 1. The Balaban J connectivity index is 2.03. The minimum Gasteiger partial charge on any atom is -0.465 e. The average Bonchev–Trinajstić information content (AvgIpc) is 3.24. The van der Waals surface area contributed by atoms with Gasteiger partial charge >= 0.3 is 5.97 Å². The molecule has 1 fully saturated rings. The molecular weight excluding hydrogens is 282 g/mol. The first kappa shape index (κ1) is 16.4. The molecule has 0 spiro atoms. The summed E-state index contributed by atoms with van der Waals surface area (Å²) in [5.74, 6) is 0.540. The molecule has 1 aliphatic rings. The number of aryl methyl sites for hydroxylation is 2. The van der Waals surface area contributed by atoms with E-state index in [1.165, 1.54) is 16.0 Å². The second-order valence-electron chi connectivity index (χ2n) is 6.01. The molecule has 1 N–H and O–H groups in total.